The van der Waals surface area contributed by atoms with Crippen LogP contribution in [0.4, 0.5) is 0 Å². The largest absolute Gasteiger partial charge is 0.462 e. The van der Waals surface area contributed by atoms with E-state index in [1.165, 1.54) is 0 Å². The smallest absolute Gasteiger partial charge is 0.355 e. The number of rotatable bonds is 6. The van der Waals surface area contributed by atoms with Crippen molar-refractivity contribution in [1.82, 2.24) is 4.98 Å². The number of aldehydes is 1. The fourth-order valence-corrected chi connectivity index (χ4v) is 2.24. The number of carbonyl (C=O) groups excluding carboxylic acids is 3. The predicted molar refractivity (Wildman–Crippen MR) is 83.5 cm³/mol. The Labute approximate surface area is 133 Å². The Morgan fingerprint density at radius 3 is 2.22 bits per heavy atom. The summed E-state index contributed by atoms with van der Waals surface area (Å²) in [7, 11) is 0. The van der Waals surface area contributed by atoms with E-state index in [0.717, 1.165) is 0 Å². The number of hydrogen-bond acceptors (Lipinski definition) is 5. The minimum Gasteiger partial charge on any atom is -0.462 e. The van der Waals surface area contributed by atoms with Crippen molar-refractivity contribution in [2.45, 2.75) is 13.8 Å². The van der Waals surface area contributed by atoms with E-state index in [1.807, 2.05) is 6.07 Å². The van der Waals surface area contributed by atoms with Gasteiger partial charge in [0.05, 0.1) is 24.5 Å². The molecule has 0 aliphatic carbocycles. The van der Waals surface area contributed by atoms with Gasteiger partial charge in [-0.2, -0.15) is 0 Å². The summed E-state index contributed by atoms with van der Waals surface area (Å²) in [6.45, 7) is 3.58. The summed E-state index contributed by atoms with van der Waals surface area (Å²) in [6, 6.07) is 8.94. The van der Waals surface area contributed by atoms with Crippen LogP contribution in [0, 0.1) is 0 Å². The number of benzene rings is 1. The van der Waals surface area contributed by atoms with E-state index in [-0.39, 0.29) is 30.0 Å². The molecule has 0 aliphatic rings. The number of ether oxygens (including phenoxy) is 2. The van der Waals surface area contributed by atoms with Crippen LogP contribution in [0.5, 0.6) is 0 Å². The Morgan fingerprint density at radius 2 is 1.65 bits per heavy atom. The van der Waals surface area contributed by atoms with Gasteiger partial charge in [-0.25, -0.2) is 9.59 Å². The van der Waals surface area contributed by atoms with Crippen molar-refractivity contribution >= 4 is 18.2 Å². The van der Waals surface area contributed by atoms with Crippen LogP contribution in [0.25, 0.3) is 11.3 Å². The zero-order valence-corrected chi connectivity index (χ0v) is 12.9. The molecule has 6 nitrogen and oxygen atoms in total. The molecule has 0 fully saturated rings. The van der Waals surface area contributed by atoms with Gasteiger partial charge in [0.25, 0.3) is 0 Å². The number of esters is 2. The van der Waals surface area contributed by atoms with Crippen molar-refractivity contribution in [2.24, 2.45) is 0 Å². The van der Waals surface area contributed by atoms with Crippen LogP contribution < -0.4 is 0 Å². The average molecular weight is 315 g/mol. The number of nitrogens with one attached hydrogen (secondary N) is 1. The maximum absolute atomic E-state index is 12.2. The third-order valence-corrected chi connectivity index (χ3v) is 3.18. The summed E-state index contributed by atoms with van der Waals surface area (Å²) in [5.74, 6) is -1.45. The van der Waals surface area contributed by atoms with Gasteiger partial charge in [-0.3, -0.25) is 4.79 Å². The lowest BCUT2D eigenvalue weighted by atomic mass is 10.0. The third-order valence-electron chi connectivity index (χ3n) is 3.18. The predicted octanol–water partition coefficient (Wildman–Crippen LogP) is 2.85. The van der Waals surface area contributed by atoms with E-state index in [0.29, 0.717) is 17.5 Å². The molecular formula is C17H17NO5. The Balaban J connectivity index is 2.65. The van der Waals surface area contributed by atoms with Gasteiger partial charge in [-0.05, 0) is 19.4 Å². The molecule has 0 unspecified atom stereocenters. The molecule has 120 valence electrons. The van der Waals surface area contributed by atoms with Crippen LogP contribution in [-0.4, -0.2) is 36.4 Å². The SMILES string of the molecule is CCOC(=O)c1[nH]c(-c2ccccc2)c(C=O)c1C(=O)OCC. The van der Waals surface area contributed by atoms with E-state index in [2.05, 4.69) is 4.98 Å². The van der Waals surface area contributed by atoms with Crippen molar-refractivity contribution in [3.05, 3.63) is 47.2 Å². The lowest BCUT2D eigenvalue weighted by Gasteiger charge is -2.04. The molecular weight excluding hydrogens is 298 g/mol. The minimum absolute atomic E-state index is 0.0775. The summed E-state index contributed by atoms with van der Waals surface area (Å²) in [5.41, 5.74) is 0.963. The fourth-order valence-electron chi connectivity index (χ4n) is 2.24. The first-order valence-corrected chi connectivity index (χ1v) is 7.24. The molecule has 6 heteroatoms. The second-order valence-electron chi connectivity index (χ2n) is 4.59. The standard InChI is InChI=1S/C17H17NO5/c1-3-22-16(20)13-12(10-19)14(11-8-6-5-7-9-11)18-15(13)17(21)23-4-2/h5-10,18H,3-4H2,1-2H3. The van der Waals surface area contributed by atoms with Gasteiger partial charge in [-0.15, -0.1) is 0 Å². The Hall–Kier alpha value is -2.89. The van der Waals surface area contributed by atoms with E-state index in [9.17, 15) is 14.4 Å². The van der Waals surface area contributed by atoms with Gasteiger partial charge in [0.15, 0.2) is 6.29 Å². The monoisotopic (exact) mass is 315 g/mol. The number of H-pyrrole nitrogens is 1. The molecule has 1 heterocycles. The maximum atomic E-state index is 12.2. The van der Waals surface area contributed by atoms with Gasteiger partial charge in [0.2, 0.25) is 0 Å². The highest BCUT2D eigenvalue weighted by molar-refractivity contribution is 6.10. The second kappa shape index (κ2) is 7.40. The van der Waals surface area contributed by atoms with Gasteiger partial charge >= 0.3 is 11.9 Å². The Kier molecular flexibility index (Phi) is 5.30. The first-order chi connectivity index (χ1) is 11.1. The van der Waals surface area contributed by atoms with Crippen molar-refractivity contribution in [3.63, 3.8) is 0 Å². The quantitative estimate of drug-likeness (QED) is 0.654. The molecule has 0 radical (unpaired) electrons. The summed E-state index contributed by atoms with van der Waals surface area (Å²) in [4.78, 5) is 38.7. The summed E-state index contributed by atoms with van der Waals surface area (Å²) < 4.78 is 9.91. The lowest BCUT2D eigenvalue weighted by molar-refractivity contribution is 0.0475. The van der Waals surface area contributed by atoms with Crippen LogP contribution in [-0.2, 0) is 9.47 Å². The first-order valence-electron chi connectivity index (χ1n) is 7.24. The van der Waals surface area contributed by atoms with Gasteiger partial charge in [0, 0.05) is 0 Å². The van der Waals surface area contributed by atoms with E-state index < -0.39 is 11.9 Å². The zero-order valence-electron chi connectivity index (χ0n) is 12.9. The van der Waals surface area contributed by atoms with E-state index >= 15 is 0 Å². The van der Waals surface area contributed by atoms with Gasteiger partial charge in [-0.1, -0.05) is 30.3 Å². The Bertz CT molecular complexity index is 718. The second-order valence-corrected chi connectivity index (χ2v) is 4.59. The average Bonchev–Trinajstić information content (AvgIpc) is 2.96. The summed E-state index contributed by atoms with van der Waals surface area (Å²) in [6.07, 6.45) is 0.536. The highest BCUT2D eigenvalue weighted by Crippen LogP contribution is 2.28. The topological polar surface area (TPSA) is 85.5 Å². The zero-order chi connectivity index (χ0) is 16.8. The van der Waals surface area contributed by atoms with Crippen molar-refractivity contribution in [3.8, 4) is 11.3 Å². The molecule has 2 rings (SSSR count). The number of hydrogen-bond donors (Lipinski definition) is 1. The lowest BCUT2D eigenvalue weighted by Crippen LogP contribution is -2.14. The minimum atomic E-state index is -0.740. The molecule has 2 aromatic rings. The molecule has 0 aliphatic heterocycles. The third kappa shape index (κ3) is 3.31. The molecule has 0 saturated heterocycles. The highest BCUT2D eigenvalue weighted by atomic mass is 16.5. The van der Waals surface area contributed by atoms with Crippen molar-refractivity contribution in [2.75, 3.05) is 13.2 Å². The molecule has 0 amide bonds. The van der Waals surface area contributed by atoms with Crippen LogP contribution in [0.15, 0.2) is 30.3 Å². The molecule has 0 bridgehead atoms. The molecule has 0 atom stereocenters. The molecule has 1 N–H and O–H groups in total. The highest BCUT2D eigenvalue weighted by Gasteiger charge is 2.29. The molecule has 0 saturated carbocycles. The summed E-state index contributed by atoms with van der Waals surface area (Å²) >= 11 is 0. The van der Waals surface area contributed by atoms with Crippen LogP contribution in [0.1, 0.15) is 45.1 Å². The van der Waals surface area contributed by atoms with Crippen molar-refractivity contribution in [1.29, 1.82) is 0 Å². The van der Waals surface area contributed by atoms with Crippen LogP contribution in [0.3, 0.4) is 0 Å². The Morgan fingerprint density at radius 1 is 1.04 bits per heavy atom. The molecule has 0 spiro atoms. The number of aromatic nitrogens is 1. The van der Waals surface area contributed by atoms with E-state index in [4.69, 9.17) is 9.47 Å². The van der Waals surface area contributed by atoms with Gasteiger partial charge < -0.3 is 14.5 Å². The van der Waals surface area contributed by atoms with E-state index in [1.54, 1.807) is 38.1 Å². The van der Waals surface area contributed by atoms with Crippen LogP contribution in [0.2, 0.25) is 0 Å². The molecule has 23 heavy (non-hydrogen) atoms. The maximum Gasteiger partial charge on any atom is 0.355 e. The molecule has 1 aromatic heterocycles. The van der Waals surface area contributed by atoms with Crippen molar-refractivity contribution < 1.29 is 23.9 Å². The summed E-state index contributed by atoms with van der Waals surface area (Å²) in [5, 5.41) is 0. The number of aromatic amines is 1. The normalized spacial score (nSPS) is 10.2. The molecule has 1 aromatic carbocycles. The number of carbonyl (C=O) groups is 3. The first kappa shape index (κ1) is 16.5. The van der Waals surface area contributed by atoms with Crippen LogP contribution >= 0.6 is 0 Å². The fraction of sp³-hybridized carbons (Fsp3) is 0.235. The van der Waals surface area contributed by atoms with Gasteiger partial charge in [0.1, 0.15) is 11.3 Å².